The summed E-state index contributed by atoms with van der Waals surface area (Å²) in [5.74, 6) is 1.56. The highest BCUT2D eigenvalue weighted by molar-refractivity contribution is 5.44. The Hall–Kier alpha value is -2.02. The summed E-state index contributed by atoms with van der Waals surface area (Å²) < 4.78 is 1.60. The highest BCUT2D eigenvalue weighted by Gasteiger charge is 2.45. The lowest BCUT2D eigenvalue weighted by Crippen LogP contribution is -2.60. The lowest BCUT2D eigenvalue weighted by molar-refractivity contribution is -0.000528. The van der Waals surface area contributed by atoms with E-state index in [1.165, 1.54) is 0 Å². The number of β-amino-alcohol motifs (C(OH)–C–C–N with tert-alkyl or cyclic N) is 1. The second kappa shape index (κ2) is 3.74. The highest BCUT2D eigenvalue weighted by Crippen LogP contribution is 2.33. The van der Waals surface area contributed by atoms with Crippen LogP contribution in [0.5, 0.6) is 0 Å². The zero-order valence-corrected chi connectivity index (χ0v) is 10.3. The van der Waals surface area contributed by atoms with Gasteiger partial charge in [-0.15, -0.1) is 5.10 Å². The first-order valence-corrected chi connectivity index (χ1v) is 5.71. The van der Waals surface area contributed by atoms with Crippen molar-refractivity contribution in [3.63, 3.8) is 0 Å². The SMILES string of the molecule is Cc1nccc(N2CC(O)(c3cnnn3C)C2)n1. The number of rotatable bonds is 2. The van der Waals surface area contributed by atoms with Crippen molar-refractivity contribution in [2.24, 2.45) is 7.05 Å². The molecule has 18 heavy (non-hydrogen) atoms. The Morgan fingerprint density at radius 1 is 1.39 bits per heavy atom. The smallest absolute Gasteiger partial charge is 0.142 e. The summed E-state index contributed by atoms with van der Waals surface area (Å²) in [5.41, 5.74) is -0.165. The van der Waals surface area contributed by atoms with Crippen LogP contribution in [-0.2, 0) is 12.6 Å². The Bertz CT molecular complexity index is 574. The largest absolute Gasteiger partial charge is 0.380 e. The molecule has 1 saturated heterocycles. The third-order valence-electron chi connectivity index (χ3n) is 3.18. The van der Waals surface area contributed by atoms with E-state index < -0.39 is 5.60 Å². The van der Waals surface area contributed by atoms with Crippen LogP contribution in [-0.4, -0.2) is 43.2 Å². The summed E-state index contributed by atoms with van der Waals surface area (Å²) in [6, 6.07) is 1.84. The fourth-order valence-electron chi connectivity index (χ4n) is 2.24. The molecule has 0 saturated carbocycles. The standard InChI is InChI=1S/C11H14N6O/c1-8-12-4-3-10(14-8)17-6-11(18,7-17)9-5-13-15-16(9)2/h3-5,18H,6-7H2,1-2H3. The van der Waals surface area contributed by atoms with Gasteiger partial charge in [-0.1, -0.05) is 5.21 Å². The molecule has 7 nitrogen and oxygen atoms in total. The van der Waals surface area contributed by atoms with E-state index in [0.29, 0.717) is 13.1 Å². The predicted octanol–water partition coefficient (Wildman–Crippen LogP) is -0.379. The molecule has 0 atom stereocenters. The number of anilines is 1. The van der Waals surface area contributed by atoms with Crippen molar-refractivity contribution in [1.82, 2.24) is 25.0 Å². The number of aliphatic hydroxyl groups is 1. The zero-order valence-electron chi connectivity index (χ0n) is 10.3. The molecule has 0 aromatic carbocycles. The number of hydrogen-bond donors (Lipinski definition) is 1. The maximum atomic E-state index is 10.5. The molecule has 0 radical (unpaired) electrons. The van der Waals surface area contributed by atoms with Crippen LogP contribution in [0.25, 0.3) is 0 Å². The van der Waals surface area contributed by atoms with E-state index in [2.05, 4.69) is 20.3 Å². The van der Waals surface area contributed by atoms with Crippen molar-refractivity contribution in [2.45, 2.75) is 12.5 Å². The maximum absolute atomic E-state index is 10.5. The number of aromatic nitrogens is 5. The van der Waals surface area contributed by atoms with Gasteiger partial charge in [-0.2, -0.15) is 0 Å². The number of hydrogen-bond acceptors (Lipinski definition) is 6. The van der Waals surface area contributed by atoms with Crippen LogP contribution in [0.4, 0.5) is 5.82 Å². The minimum atomic E-state index is -0.892. The third kappa shape index (κ3) is 1.63. The lowest BCUT2D eigenvalue weighted by atomic mass is 9.91. The summed E-state index contributed by atoms with van der Waals surface area (Å²) in [4.78, 5) is 10.4. The first kappa shape index (κ1) is 11.1. The van der Waals surface area contributed by atoms with Crippen molar-refractivity contribution in [1.29, 1.82) is 0 Å². The quantitative estimate of drug-likeness (QED) is 0.778. The van der Waals surface area contributed by atoms with E-state index in [4.69, 9.17) is 0 Å². The van der Waals surface area contributed by atoms with E-state index in [1.54, 1.807) is 24.1 Å². The molecular weight excluding hydrogens is 232 g/mol. The summed E-state index contributed by atoms with van der Waals surface area (Å²) in [6.07, 6.45) is 3.32. The van der Waals surface area contributed by atoms with Gasteiger partial charge in [0, 0.05) is 13.2 Å². The fraction of sp³-hybridized carbons (Fsp3) is 0.455. The summed E-state index contributed by atoms with van der Waals surface area (Å²) >= 11 is 0. The second-order valence-corrected chi connectivity index (χ2v) is 4.59. The molecule has 1 fully saturated rings. The first-order valence-electron chi connectivity index (χ1n) is 5.71. The highest BCUT2D eigenvalue weighted by atomic mass is 16.3. The Morgan fingerprint density at radius 3 is 2.78 bits per heavy atom. The molecule has 1 N–H and O–H groups in total. The Kier molecular flexibility index (Phi) is 2.30. The molecular formula is C11H14N6O. The molecule has 0 bridgehead atoms. The number of nitrogens with zero attached hydrogens (tertiary/aromatic N) is 6. The van der Waals surface area contributed by atoms with Gasteiger partial charge in [-0.05, 0) is 13.0 Å². The normalized spacial score (nSPS) is 17.6. The van der Waals surface area contributed by atoms with Gasteiger partial charge in [-0.25, -0.2) is 14.6 Å². The topological polar surface area (TPSA) is 80.0 Å². The molecule has 2 aromatic heterocycles. The van der Waals surface area contributed by atoms with Crippen LogP contribution in [0.15, 0.2) is 18.5 Å². The average Bonchev–Trinajstić information content (AvgIpc) is 2.72. The Balaban J connectivity index is 1.79. The average molecular weight is 246 g/mol. The van der Waals surface area contributed by atoms with Crippen LogP contribution in [0.3, 0.4) is 0 Å². The van der Waals surface area contributed by atoms with Gasteiger partial charge in [0.1, 0.15) is 17.2 Å². The van der Waals surface area contributed by atoms with Crippen molar-refractivity contribution >= 4 is 5.82 Å². The molecule has 0 aliphatic carbocycles. The van der Waals surface area contributed by atoms with E-state index >= 15 is 0 Å². The molecule has 7 heteroatoms. The van der Waals surface area contributed by atoms with Crippen LogP contribution >= 0.6 is 0 Å². The van der Waals surface area contributed by atoms with E-state index in [0.717, 1.165) is 17.3 Å². The van der Waals surface area contributed by atoms with Crippen molar-refractivity contribution in [2.75, 3.05) is 18.0 Å². The second-order valence-electron chi connectivity index (χ2n) is 4.59. The van der Waals surface area contributed by atoms with E-state index in [9.17, 15) is 5.11 Å². The zero-order chi connectivity index (χ0) is 12.8. The van der Waals surface area contributed by atoms with E-state index in [1.807, 2.05) is 17.9 Å². The maximum Gasteiger partial charge on any atom is 0.142 e. The number of aryl methyl sites for hydroxylation is 2. The van der Waals surface area contributed by atoms with Crippen LogP contribution in [0.2, 0.25) is 0 Å². The van der Waals surface area contributed by atoms with Gasteiger partial charge in [0.15, 0.2) is 0 Å². The van der Waals surface area contributed by atoms with Gasteiger partial charge < -0.3 is 10.0 Å². The summed E-state index contributed by atoms with van der Waals surface area (Å²) in [7, 11) is 1.78. The molecule has 0 unspecified atom stereocenters. The molecule has 3 heterocycles. The van der Waals surface area contributed by atoms with E-state index in [-0.39, 0.29) is 0 Å². The van der Waals surface area contributed by atoms with Crippen molar-refractivity contribution in [3.05, 3.63) is 30.0 Å². The predicted molar refractivity (Wildman–Crippen MR) is 63.9 cm³/mol. The molecule has 1 aliphatic rings. The molecule has 0 amide bonds. The Labute approximate surface area is 104 Å². The van der Waals surface area contributed by atoms with Crippen LogP contribution in [0.1, 0.15) is 11.5 Å². The van der Waals surface area contributed by atoms with Gasteiger partial charge in [0.05, 0.1) is 25.0 Å². The molecule has 1 aliphatic heterocycles. The summed E-state index contributed by atoms with van der Waals surface area (Å²) in [6.45, 7) is 2.83. The monoisotopic (exact) mass is 246 g/mol. The van der Waals surface area contributed by atoms with Gasteiger partial charge in [0.2, 0.25) is 0 Å². The van der Waals surface area contributed by atoms with Crippen molar-refractivity contribution < 1.29 is 5.11 Å². The van der Waals surface area contributed by atoms with Gasteiger partial charge >= 0.3 is 0 Å². The minimum absolute atomic E-state index is 0.491. The first-order chi connectivity index (χ1) is 8.58. The molecule has 0 spiro atoms. The third-order valence-corrected chi connectivity index (χ3v) is 3.18. The molecule has 2 aromatic rings. The minimum Gasteiger partial charge on any atom is -0.380 e. The lowest BCUT2D eigenvalue weighted by Gasteiger charge is -2.46. The van der Waals surface area contributed by atoms with Crippen LogP contribution < -0.4 is 4.90 Å². The van der Waals surface area contributed by atoms with Crippen molar-refractivity contribution in [3.8, 4) is 0 Å². The van der Waals surface area contributed by atoms with Gasteiger partial charge in [0.25, 0.3) is 0 Å². The molecule has 3 rings (SSSR count). The fourth-order valence-corrected chi connectivity index (χ4v) is 2.24. The van der Waals surface area contributed by atoms with Gasteiger partial charge in [-0.3, -0.25) is 0 Å². The van der Waals surface area contributed by atoms with Crippen LogP contribution in [0, 0.1) is 6.92 Å². The Morgan fingerprint density at radius 2 is 2.17 bits per heavy atom. The molecule has 94 valence electrons. The summed E-state index contributed by atoms with van der Waals surface area (Å²) in [5, 5.41) is 18.1.